The highest BCUT2D eigenvalue weighted by molar-refractivity contribution is 5.85. The van der Waals surface area contributed by atoms with Crippen LogP contribution in [0.4, 0.5) is 0 Å². The lowest BCUT2D eigenvalue weighted by Crippen LogP contribution is -2.26. The highest BCUT2D eigenvalue weighted by atomic mass is 35.5. The zero-order valence-electron chi connectivity index (χ0n) is 9.56. The van der Waals surface area contributed by atoms with Crippen LogP contribution in [0.3, 0.4) is 0 Å². The van der Waals surface area contributed by atoms with Gasteiger partial charge in [0.15, 0.2) is 0 Å². The Kier molecular flexibility index (Phi) is 7.00. The van der Waals surface area contributed by atoms with E-state index in [9.17, 15) is 0 Å². The molecule has 16 heavy (non-hydrogen) atoms. The van der Waals surface area contributed by atoms with Crippen molar-refractivity contribution in [2.75, 3.05) is 13.1 Å². The van der Waals surface area contributed by atoms with E-state index in [-0.39, 0.29) is 24.8 Å². The van der Waals surface area contributed by atoms with Crippen LogP contribution in [0.5, 0.6) is 0 Å². The SMILES string of the molecule is Cc1ccccc1CN1CC[C@H](N)C1.Cl.Cl. The molecular weight excluding hydrogens is 243 g/mol. The number of nitrogens with two attached hydrogens (primary N) is 1. The molecule has 0 saturated carbocycles. The molecule has 1 aliphatic rings. The van der Waals surface area contributed by atoms with Crippen molar-refractivity contribution in [3.63, 3.8) is 0 Å². The Bertz CT molecular complexity index is 318. The summed E-state index contributed by atoms with van der Waals surface area (Å²) in [6.07, 6.45) is 1.14. The van der Waals surface area contributed by atoms with Gasteiger partial charge >= 0.3 is 0 Å². The Morgan fingerprint density at radius 1 is 1.31 bits per heavy atom. The molecule has 1 aliphatic heterocycles. The fraction of sp³-hybridized carbons (Fsp3) is 0.500. The van der Waals surface area contributed by atoms with Gasteiger partial charge in [0.1, 0.15) is 0 Å². The molecule has 0 amide bonds. The molecule has 1 fully saturated rings. The number of hydrogen-bond donors (Lipinski definition) is 1. The lowest BCUT2D eigenvalue weighted by atomic mass is 10.1. The topological polar surface area (TPSA) is 29.3 Å². The molecule has 4 heteroatoms. The highest BCUT2D eigenvalue weighted by Gasteiger charge is 2.18. The summed E-state index contributed by atoms with van der Waals surface area (Å²) in [6.45, 7) is 5.43. The minimum Gasteiger partial charge on any atom is -0.326 e. The van der Waals surface area contributed by atoms with E-state index in [1.165, 1.54) is 11.1 Å². The average Bonchev–Trinajstić information content (AvgIpc) is 2.56. The van der Waals surface area contributed by atoms with Crippen LogP contribution in [0, 0.1) is 6.92 Å². The van der Waals surface area contributed by atoms with Crippen molar-refractivity contribution < 1.29 is 0 Å². The smallest absolute Gasteiger partial charge is 0.0237 e. The minimum absolute atomic E-state index is 0. The lowest BCUT2D eigenvalue weighted by Gasteiger charge is -2.16. The first kappa shape index (κ1) is 15.7. The molecule has 0 radical (unpaired) electrons. The Balaban J connectivity index is 0.00000112. The summed E-state index contributed by atoms with van der Waals surface area (Å²) in [6, 6.07) is 8.97. The van der Waals surface area contributed by atoms with Gasteiger partial charge in [-0.2, -0.15) is 0 Å². The lowest BCUT2D eigenvalue weighted by molar-refractivity contribution is 0.326. The van der Waals surface area contributed by atoms with Crippen molar-refractivity contribution in [3.8, 4) is 0 Å². The number of likely N-dealkylation sites (tertiary alicyclic amines) is 1. The quantitative estimate of drug-likeness (QED) is 0.887. The standard InChI is InChI=1S/C12H18N2.2ClH/c1-10-4-2-3-5-11(10)8-14-7-6-12(13)9-14;;/h2-5,12H,6-9,13H2,1H3;2*1H/t12-;;/m0../s1. The van der Waals surface area contributed by atoms with Crippen molar-refractivity contribution in [2.24, 2.45) is 5.73 Å². The van der Waals surface area contributed by atoms with Gasteiger partial charge in [-0.3, -0.25) is 4.90 Å². The molecule has 1 heterocycles. The molecule has 0 aliphatic carbocycles. The number of benzene rings is 1. The highest BCUT2D eigenvalue weighted by Crippen LogP contribution is 2.14. The van der Waals surface area contributed by atoms with Crippen molar-refractivity contribution in [1.29, 1.82) is 0 Å². The summed E-state index contributed by atoms with van der Waals surface area (Å²) in [5, 5.41) is 0. The first-order chi connectivity index (χ1) is 6.75. The molecule has 1 aromatic rings. The van der Waals surface area contributed by atoms with Gasteiger partial charge in [-0.15, -0.1) is 24.8 Å². The summed E-state index contributed by atoms with van der Waals surface area (Å²) < 4.78 is 0. The van der Waals surface area contributed by atoms with E-state index in [2.05, 4.69) is 36.1 Å². The summed E-state index contributed by atoms with van der Waals surface area (Å²) in [5.74, 6) is 0. The maximum absolute atomic E-state index is 5.88. The van der Waals surface area contributed by atoms with Gasteiger partial charge in [0.05, 0.1) is 0 Å². The van der Waals surface area contributed by atoms with Gasteiger partial charge in [-0.25, -0.2) is 0 Å². The van der Waals surface area contributed by atoms with E-state index >= 15 is 0 Å². The van der Waals surface area contributed by atoms with E-state index in [0.29, 0.717) is 6.04 Å². The van der Waals surface area contributed by atoms with E-state index in [0.717, 1.165) is 26.1 Å². The third kappa shape index (κ3) is 3.95. The molecule has 1 atom stereocenters. The molecular formula is C12H20Cl2N2. The van der Waals surface area contributed by atoms with Gasteiger partial charge in [-0.05, 0) is 24.5 Å². The van der Waals surface area contributed by atoms with E-state index in [1.54, 1.807) is 0 Å². The molecule has 1 saturated heterocycles. The first-order valence-corrected chi connectivity index (χ1v) is 5.28. The number of rotatable bonds is 2. The maximum atomic E-state index is 5.88. The average molecular weight is 263 g/mol. The Morgan fingerprint density at radius 3 is 2.56 bits per heavy atom. The molecule has 2 N–H and O–H groups in total. The monoisotopic (exact) mass is 262 g/mol. The summed E-state index contributed by atoms with van der Waals surface area (Å²) >= 11 is 0. The van der Waals surface area contributed by atoms with E-state index in [4.69, 9.17) is 5.73 Å². The van der Waals surface area contributed by atoms with Crippen molar-refractivity contribution >= 4 is 24.8 Å². The Morgan fingerprint density at radius 2 is 2.00 bits per heavy atom. The van der Waals surface area contributed by atoms with Crippen molar-refractivity contribution in [1.82, 2.24) is 4.90 Å². The van der Waals surface area contributed by atoms with Gasteiger partial charge < -0.3 is 5.73 Å². The number of hydrogen-bond acceptors (Lipinski definition) is 2. The second-order valence-electron chi connectivity index (χ2n) is 4.21. The van der Waals surface area contributed by atoms with Crippen LogP contribution in [-0.2, 0) is 6.54 Å². The van der Waals surface area contributed by atoms with Crippen molar-refractivity contribution in [3.05, 3.63) is 35.4 Å². The van der Waals surface area contributed by atoms with Crippen LogP contribution in [-0.4, -0.2) is 24.0 Å². The molecule has 92 valence electrons. The van der Waals surface area contributed by atoms with Gasteiger partial charge in [0.25, 0.3) is 0 Å². The zero-order valence-corrected chi connectivity index (χ0v) is 11.2. The second-order valence-corrected chi connectivity index (χ2v) is 4.21. The predicted octanol–water partition coefficient (Wildman–Crippen LogP) is 2.37. The fourth-order valence-corrected chi connectivity index (χ4v) is 2.03. The number of nitrogens with zero attached hydrogens (tertiary/aromatic N) is 1. The molecule has 1 aromatic carbocycles. The van der Waals surface area contributed by atoms with Gasteiger partial charge in [0, 0.05) is 25.7 Å². The Hall–Kier alpha value is -0.280. The zero-order chi connectivity index (χ0) is 9.97. The Labute approximate surface area is 110 Å². The molecule has 2 rings (SSSR count). The van der Waals surface area contributed by atoms with Gasteiger partial charge in [0.2, 0.25) is 0 Å². The van der Waals surface area contributed by atoms with Crippen LogP contribution in [0.2, 0.25) is 0 Å². The summed E-state index contributed by atoms with van der Waals surface area (Å²) in [4.78, 5) is 2.44. The minimum atomic E-state index is 0. The second kappa shape index (κ2) is 7.13. The number of aryl methyl sites for hydroxylation is 1. The maximum Gasteiger partial charge on any atom is 0.0237 e. The number of halogens is 2. The van der Waals surface area contributed by atoms with Gasteiger partial charge in [-0.1, -0.05) is 24.3 Å². The molecule has 2 nitrogen and oxygen atoms in total. The van der Waals surface area contributed by atoms with Crippen LogP contribution >= 0.6 is 24.8 Å². The summed E-state index contributed by atoms with van der Waals surface area (Å²) in [7, 11) is 0. The third-order valence-corrected chi connectivity index (χ3v) is 2.96. The molecule has 0 unspecified atom stereocenters. The fourth-order valence-electron chi connectivity index (χ4n) is 2.03. The van der Waals surface area contributed by atoms with E-state index in [1.807, 2.05) is 0 Å². The van der Waals surface area contributed by atoms with Crippen LogP contribution in [0.25, 0.3) is 0 Å². The third-order valence-electron chi connectivity index (χ3n) is 2.96. The normalized spacial score (nSPS) is 20.0. The predicted molar refractivity (Wildman–Crippen MR) is 73.5 cm³/mol. The molecule has 0 aromatic heterocycles. The summed E-state index contributed by atoms with van der Waals surface area (Å²) in [5.41, 5.74) is 8.69. The van der Waals surface area contributed by atoms with E-state index < -0.39 is 0 Å². The van der Waals surface area contributed by atoms with Crippen LogP contribution in [0.15, 0.2) is 24.3 Å². The molecule has 0 spiro atoms. The first-order valence-electron chi connectivity index (χ1n) is 5.28. The largest absolute Gasteiger partial charge is 0.326 e. The molecule has 0 bridgehead atoms. The van der Waals surface area contributed by atoms with Crippen molar-refractivity contribution in [2.45, 2.75) is 25.9 Å². The van der Waals surface area contributed by atoms with Crippen LogP contribution in [0.1, 0.15) is 17.5 Å². The van der Waals surface area contributed by atoms with Crippen LogP contribution < -0.4 is 5.73 Å².